The first kappa shape index (κ1) is 11.3. The van der Waals surface area contributed by atoms with Gasteiger partial charge in [0.2, 0.25) is 0 Å². The van der Waals surface area contributed by atoms with Gasteiger partial charge in [0.1, 0.15) is 0 Å². The van der Waals surface area contributed by atoms with E-state index in [4.69, 9.17) is 0 Å². The van der Waals surface area contributed by atoms with E-state index in [-0.39, 0.29) is 0 Å². The lowest BCUT2D eigenvalue weighted by Crippen LogP contribution is -2.00. The van der Waals surface area contributed by atoms with Crippen molar-refractivity contribution < 1.29 is 4.79 Å². The van der Waals surface area contributed by atoms with Crippen LogP contribution >= 0.6 is 11.8 Å². The normalized spacial score (nSPS) is 12.4. The second kappa shape index (κ2) is 5.86. The van der Waals surface area contributed by atoms with Crippen LogP contribution in [0.2, 0.25) is 0 Å². The number of thioether (sulfide) groups is 1. The average Bonchev–Trinajstić information content (AvgIpc) is 2.19. The highest BCUT2D eigenvalue weighted by Gasteiger charge is 2.10. The summed E-state index contributed by atoms with van der Waals surface area (Å²) in [6.07, 6.45) is 0.641. The largest absolute Gasteiger partial charge is 0.287 e. The topological polar surface area (TPSA) is 17.1 Å². The molecule has 0 aliphatic carbocycles. The minimum atomic E-state index is 0.295. The van der Waals surface area contributed by atoms with E-state index in [2.05, 4.69) is 19.1 Å². The van der Waals surface area contributed by atoms with E-state index in [0.717, 1.165) is 5.75 Å². The van der Waals surface area contributed by atoms with Crippen LogP contribution in [0.1, 0.15) is 31.7 Å². The van der Waals surface area contributed by atoms with Crippen LogP contribution in [0.5, 0.6) is 0 Å². The van der Waals surface area contributed by atoms with Crippen LogP contribution in [0, 0.1) is 0 Å². The van der Waals surface area contributed by atoms with Crippen molar-refractivity contribution in [2.45, 2.75) is 26.2 Å². The number of hydrogen-bond donors (Lipinski definition) is 0. The van der Waals surface area contributed by atoms with Crippen molar-refractivity contribution in [2.75, 3.05) is 5.75 Å². The van der Waals surface area contributed by atoms with Crippen LogP contribution in [-0.2, 0) is 4.79 Å². The molecule has 0 aliphatic rings. The molecule has 2 heteroatoms. The number of benzene rings is 1. The van der Waals surface area contributed by atoms with Crippen LogP contribution in [0.25, 0.3) is 0 Å². The molecule has 0 N–H and O–H groups in total. The van der Waals surface area contributed by atoms with Crippen molar-refractivity contribution in [3.8, 4) is 0 Å². The first-order valence-electron chi connectivity index (χ1n) is 4.94. The second-order valence-electron chi connectivity index (χ2n) is 3.32. The highest BCUT2D eigenvalue weighted by Crippen LogP contribution is 2.21. The summed E-state index contributed by atoms with van der Waals surface area (Å²) in [6, 6.07) is 10.2. The Morgan fingerprint density at radius 2 is 2.00 bits per heavy atom. The molecule has 0 fully saturated rings. The van der Waals surface area contributed by atoms with E-state index in [0.29, 0.717) is 17.5 Å². The van der Waals surface area contributed by atoms with Crippen molar-refractivity contribution in [2.24, 2.45) is 0 Å². The third-order valence-corrected chi connectivity index (χ3v) is 2.92. The summed E-state index contributed by atoms with van der Waals surface area (Å²) in [5.74, 6) is 1.21. The molecule has 0 aliphatic heterocycles. The Labute approximate surface area is 89.9 Å². The lowest BCUT2D eigenvalue weighted by molar-refractivity contribution is -0.111. The molecular weight excluding hydrogens is 192 g/mol. The van der Waals surface area contributed by atoms with Gasteiger partial charge in [0.25, 0.3) is 0 Å². The van der Waals surface area contributed by atoms with E-state index in [1.807, 2.05) is 25.1 Å². The zero-order valence-electron chi connectivity index (χ0n) is 8.69. The minimum Gasteiger partial charge on any atom is -0.287 e. The molecule has 0 bridgehead atoms. The van der Waals surface area contributed by atoms with Gasteiger partial charge in [0.05, 0.1) is 0 Å². The van der Waals surface area contributed by atoms with Gasteiger partial charge in [-0.05, 0) is 17.2 Å². The molecule has 14 heavy (non-hydrogen) atoms. The summed E-state index contributed by atoms with van der Waals surface area (Å²) in [6.45, 7) is 4.11. The maximum absolute atomic E-state index is 11.4. The van der Waals surface area contributed by atoms with Gasteiger partial charge < -0.3 is 0 Å². The van der Waals surface area contributed by atoms with E-state index < -0.39 is 0 Å². The molecule has 0 saturated carbocycles. The lowest BCUT2D eigenvalue weighted by Gasteiger charge is -2.09. The quantitative estimate of drug-likeness (QED) is 0.753. The van der Waals surface area contributed by atoms with Gasteiger partial charge in [-0.25, -0.2) is 0 Å². The van der Waals surface area contributed by atoms with E-state index in [9.17, 15) is 4.79 Å². The van der Waals surface area contributed by atoms with Crippen LogP contribution in [0.3, 0.4) is 0 Å². The summed E-state index contributed by atoms with van der Waals surface area (Å²) in [5, 5.41) is 0.295. The molecule has 0 amide bonds. The van der Waals surface area contributed by atoms with Gasteiger partial charge in [-0.1, -0.05) is 55.9 Å². The van der Waals surface area contributed by atoms with Crippen molar-refractivity contribution in [3.05, 3.63) is 35.9 Å². The average molecular weight is 208 g/mol. The molecule has 1 rings (SSSR count). The Morgan fingerprint density at radius 1 is 1.36 bits per heavy atom. The summed E-state index contributed by atoms with van der Waals surface area (Å²) in [7, 11) is 0. The third-order valence-electron chi connectivity index (χ3n) is 2.15. The van der Waals surface area contributed by atoms with Crippen molar-refractivity contribution >= 4 is 16.9 Å². The first-order chi connectivity index (χ1) is 6.74. The zero-order valence-corrected chi connectivity index (χ0v) is 9.51. The SMILES string of the molecule is CCSC(=O)CC(C)c1ccccc1. The molecule has 0 aromatic heterocycles. The molecule has 76 valence electrons. The lowest BCUT2D eigenvalue weighted by atomic mass is 9.99. The van der Waals surface area contributed by atoms with Crippen molar-refractivity contribution in [3.63, 3.8) is 0 Å². The summed E-state index contributed by atoms with van der Waals surface area (Å²) in [5.41, 5.74) is 1.25. The monoisotopic (exact) mass is 208 g/mol. The van der Waals surface area contributed by atoms with Crippen LogP contribution in [-0.4, -0.2) is 10.9 Å². The maximum atomic E-state index is 11.4. The van der Waals surface area contributed by atoms with Gasteiger partial charge in [0.15, 0.2) is 5.12 Å². The fourth-order valence-electron chi connectivity index (χ4n) is 1.37. The standard InChI is InChI=1S/C12H16OS/c1-3-14-12(13)9-10(2)11-7-5-4-6-8-11/h4-8,10H,3,9H2,1-2H3. The highest BCUT2D eigenvalue weighted by atomic mass is 32.2. The van der Waals surface area contributed by atoms with Gasteiger partial charge >= 0.3 is 0 Å². The molecule has 0 heterocycles. The first-order valence-corrected chi connectivity index (χ1v) is 5.93. The van der Waals surface area contributed by atoms with E-state index >= 15 is 0 Å². The molecule has 1 nitrogen and oxygen atoms in total. The fourth-order valence-corrected chi connectivity index (χ4v) is 2.06. The van der Waals surface area contributed by atoms with Crippen molar-refractivity contribution in [1.82, 2.24) is 0 Å². The second-order valence-corrected chi connectivity index (χ2v) is 4.64. The molecule has 0 radical (unpaired) electrons. The molecular formula is C12H16OS. The van der Waals surface area contributed by atoms with Gasteiger partial charge in [-0.15, -0.1) is 0 Å². The van der Waals surface area contributed by atoms with Crippen LogP contribution in [0.4, 0.5) is 0 Å². The zero-order chi connectivity index (χ0) is 10.4. The Bertz CT molecular complexity index is 282. The van der Waals surface area contributed by atoms with E-state index in [1.54, 1.807) is 0 Å². The molecule has 0 saturated heterocycles. The minimum absolute atomic E-state index is 0.295. The predicted octanol–water partition coefficient (Wildman–Crippen LogP) is 3.46. The Morgan fingerprint density at radius 3 is 2.57 bits per heavy atom. The Balaban J connectivity index is 2.50. The molecule has 1 unspecified atom stereocenters. The van der Waals surface area contributed by atoms with Gasteiger partial charge in [0, 0.05) is 6.42 Å². The van der Waals surface area contributed by atoms with E-state index in [1.165, 1.54) is 17.3 Å². The number of rotatable bonds is 4. The smallest absolute Gasteiger partial charge is 0.189 e. The summed E-state index contributed by atoms with van der Waals surface area (Å²) >= 11 is 1.42. The van der Waals surface area contributed by atoms with Gasteiger partial charge in [-0.2, -0.15) is 0 Å². The van der Waals surface area contributed by atoms with Crippen LogP contribution < -0.4 is 0 Å². The molecule has 0 spiro atoms. The maximum Gasteiger partial charge on any atom is 0.189 e. The molecule has 1 atom stereocenters. The number of hydrogen-bond acceptors (Lipinski definition) is 2. The number of carbonyl (C=O) groups excluding carboxylic acids is 1. The Hall–Kier alpha value is -0.760. The summed E-state index contributed by atoms with van der Waals surface area (Å²) in [4.78, 5) is 11.4. The van der Waals surface area contributed by atoms with Gasteiger partial charge in [-0.3, -0.25) is 4.79 Å². The Kier molecular flexibility index (Phi) is 4.74. The highest BCUT2D eigenvalue weighted by molar-refractivity contribution is 8.13. The summed E-state index contributed by atoms with van der Waals surface area (Å²) < 4.78 is 0. The molecule has 1 aromatic carbocycles. The third kappa shape index (κ3) is 3.54. The predicted molar refractivity (Wildman–Crippen MR) is 62.6 cm³/mol. The van der Waals surface area contributed by atoms with Crippen LogP contribution in [0.15, 0.2) is 30.3 Å². The van der Waals surface area contributed by atoms with Crippen molar-refractivity contribution in [1.29, 1.82) is 0 Å². The fraction of sp³-hybridized carbons (Fsp3) is 0.417. The molecule has 1 aromatic rings. The number of carbonyl (C=O) groups is 1.